The quantitative estimate of drug-likeness (QED) is 0.0421. The minimum atomic E-state index is -0.580. The second-order valence-electron chi connectivity index (χ2n) is 14.0. The van der Waals surface area contributed by atoms with Crippen LogP contribution in [-0.4, -0.2) is 33.8 Å². The van der Waals surface area contributed by atoms with Crippen molar-refractivity contribution in [2.75, 3.05) is 0 Å². The molecule has 0 spiro atoms. The molecule has 0 radical (unpaired) electrons. The topological polar surface area (TPSA) is 157 Å². The maximum atomic E-state index is 13.1. The van der Waals surface area contributed by atoms with E-state index < -0.39 is 11.8 Å². The monoisotopic (exact) mass is 722 g/mol. The Morgan fingerprint density at radius 3 is 1.44 bits per heavy atom. The lowest BCUT2D eigenvalue weighted by atomic mass is 9.94. The summed E-state index contributed by atoms with van der Waals surface area (Å²) < 4.78 is 0. The standard InChI is InChI=1S/C42H66N4O6/c1-4-7-10-12-14-17-23-32-27-21-29-35(38(32)48)41(51)45-43-37(47)31-20-19-26-34(25-16-9-6-3)40(50)44-46-42(52)36-30-22-28-33(39(36)49)24-18-15-13-11-8-5-2/h21-22,27-30,34,48-49H,4-20,23-26,31H2,1-3H3,(H,43,47)(H,44,50)(H,45,51)(H,46,52). The summed E-state index contributed by atoms with van der Waals surface area (Å²) >= 11 is 0. The minimum Gasteiger partial charge on any atom is -0.507 e. The number of hydrogen-bond acceptors (Lipinski definition) is 6. The van der Waals surface area contributed by atoms with E-state index in [1.54, 1.807) is 18.2 Å². The van der Waals surface area contributed by atoms with E-state index in [2.05, 4.69) is 42.5 Å². The van der Waals surface area contributed by atoms with Gasteiger partial charge in [0.2, 0.25) is 11.8 Å². The van der Waals surface area contributed by atoms with Crippen LogP contribution in [0, 0.1) is 5.92 Å². The van der Waals surface area contributed by atoms with Gasteiger partial charge in [0.15, 0.2) is 0 Å². The number of hydrogen-bond donors (Lipinski definition) is 6. The number of rotatable bonds is 26. The van der Waals surface area contributed by atoms with Crippen molar-refractivity contribution >= 4 is 23.6 Å². The van der Waals surface area contributed by atoms with E-state index in [1.165, 1.54) is 44.6 Å². The molecule has 1 atom stereocenters. The first-order valence-corrected chi connectivity index (χ1v) is 20.0. The molecule has 0 aromatic heterocycles. The fraction of sp³-hybridized carbons (Fsp3) is 0.619. The molecule has 0 aliphatic rings. The molecule has 4 amide bonds. The summed E-state index contributed by atoms with van der Waals surface area (Å²) in [6, 6.07) is 10.2. The summed E-state index contributed by atoms with van der Waals surface area (Å²) in [7, 11) is 0. The molecule has 0 aliphatic carbocycles. The largest absolute Gasteiger partial charge is 0.507 e. The van der Waals surface area contributed by atoms with E-state index in [-0.39, 0.29) is 46.8 Å². The Balaban J connectivity index is 1.79. The number of hydrazine groups is 2. The zero-order valence-electron chi connectivity index (χ0n) is 32.1. The number of benzene rings is 2. The van der Waals surface area contributed by atoms with E-state index >= 15 is 0 Å². The number of unbranched alkanes of at least 4 members (excludes halogenated alkanes) is 13. The van der Waals surface area contributed by atoms with E-state index in [0.29, 0.717) is 38.5 Å². The Labute approximate surface area is 312 Å². The molecular formula is C42H66N4O6. The second-order valence-corrected chi connectivity index (χ2v) is 14.0. The molecule has 2 rings (SSSR count). The molecular weight excluding hydrogens is 656 g/mol. The molecule has 10 heteroatoms. The predicted octanol–water partition coefficient (Wildman–Crippen LogP) is 8.88. The van der Waals surface area contributed by atoms with Gasteiger partial charge in [-0.2, -0.15) is 0 Å². The van der Waals surface area contributed by atoms with Gasteiger partial charge in [-0.25, -0.2) is 0 Å². The smallest absolute Gasteiger partial charge is 0.273 e. The number of aryl methyl sites for hydroxylation is 2. The van der Waals surface area contributed by atoms with Crippen LogP contribution in [0.2, 0.25) is 0 Å². The van der Waals surface area contributed by atoms with Crippen LogP contribution in [0.25, 0.3) is 0 Å². The van der Waals surface area contributed by atoms with Crippen molar-refractivity contribution in [2.45, 2.75) is 162 Å². The van der Waals surface area contributed by atoms with Crippen molar-refractivity contribution in [2.24, 2.45) is 5.92 Å². The second kappa shape index (κ2) is 26.7. The Bertz CT molecular complexity index is 1360. The normalized spacial score (nSPS) is 11.5. The first kappa shape index (κ1) is 44.1. The van der Waals surface area contributed by atoms with Crippen LogP contribution < -0.4 is 21.7 Å². The maximum Gasteiger partial charge on any atom is 0.273 e. The van der Waals surface area contributed by atoms with Gasteiger partial charge in [-0.1, -0.05) is 135 Å². The lowest BCUT2D eigenvalue weighted by Crippen LogP contribution is -2.44. The van der Waals surface area contributed by atoms with Crippen LogP contribution in [0.5, 0.6) is 11.5 Å². The zero-order chi connectivity index (χ0) is 38.0. The number of phenolic OH excluding ortho intramolecular Hbond substituents is 2. The fourth-order valence-corrected chi connectivity index (χ4v) is 6.41. The number of nitrogens with one attached hydrogen (secondary N) is 4. The highest BCUT2D eigenvalue weighted by molar-refractivity contribution is 5.99. The van der Waals surface area contributed by atoms with Crippen molar-refractivity contribution in [1.82, 2.24) is 21.7 Å². The molecule has 290 valence electrons. The molecule has 0 bridgehead atoms. The van der Waals surface area contributed by atoms with Crippen LogP contribution in [-0.2, 0) is 22.4 Å². The summed E-state index contributed by atoms with van der Waals surface area (Å²) in [6.07, 6.45) is 20.3. The molecule has 1 unspecified atom stereocenters. The van der Waals surface area contributed by atoms with Crippen molar-refractivity contribution in [3.8, 4) is 11.5 Å². The van der Waals surface area contributed by atoms with Crippen molar-refractivity contribution in [1.29, 1.82) is 0 Å². The van der Waals surface area contributed by atoms with E-state index in [0.717, 1.165) is 68.9 Å². The molecule has 52 heavy (non-hydrogen) atoms. The lowest BCUT2D eigenvalue weighted by Gasteiger charge is -2.18. The molecule has 0 aliphatic heterocycles. The van der Waals surface area contributed by atoms with E-state index in [9.17, 15) is 29.4 Å². The van der Waals surface area contributed by atoms with Crippen molar-refractivity contribution in [3.05, 3.63) is 58.7 Å². The number of phenols is 2. The Morgan fingerprint density at radius 1 is 0.519 bits per heavy atom. The Hall–Kier alpha value is -4.08. The van der Waals surface area contributed by atoms with Gasteiger partial charge in [0.25, 0.3) is 11.8 Å². The molecule has 0 saturated heterocycles. The summed E-state index contributed by atoms with van der Waals surface area (Å²) in [5.41, 5.74) is 11.6. The van der Waals surface area contributed by atoms with E-state index in [4.69, 9.17) is 0 Å². The van der Waals surface area contributed by atoms with Crippen LogP contribution in [0.3, 0.4) is 0 Å². The number of carbonyl (C=O) groups excluding carboxylic acids is 4. The Morgan fingerprint density at radius 2 is 0.942 bits per heavy atom. The number of amides is 4. The molecule has 0 fully saturated rings. The predicted molar refractivity (Wildman–Crippen MR) is 208 cm³/mol. The zero-order valence-corrected chi connectivity index (χ0v) is 32.1. The molecule has 0 heterocycles. The van der Waals surface area contributed by atoms with Gasteiger partial charge in [-0.15, -0.1) is 0 Å². The van der Waals surface area contributed by atoms with Gasteiger partial charge in [0, 0.05) is 12.3 Å². The first-order chi connectivity index (χ1) is 25.2. The van der Waals surface area contributed by atoms with Crippen LogP contribution in [0.15, 0.2) is 36.4 Å². The number of aromatic hydroxyl groups is 2. The summed E-state index contributed by atoms with van der Waals surface area (Å²) in [6.45, 7) is 6.46. The summed E-state index contributed by atoms with van der Waals surface area (Å²) in [5.74, 6) is -2.28. The molecule has 2 aromatic carbocycles. The minimum absolute atomic E-state index is 0.0504. The third-order valence-electron chi connectivity index (χ3n) is 9.68. The third kappa shape index (κ3) is 17.0. The maximum absolute atomic E-state index is 13.1. The van der Waals surface area contributed by atoms with E-state index in [1.807, 2.05) is 12.1 Å². The molecule has 2 aromatic rings. The molecule has 6 N–H and O–H groups in total. The van der Waals surface area contributed by atoms with Gasteiger partial charge >= 0.3 is 0 Å². The van der Waals surface area contributed by atoms with Crippen LogP contribution in [0.1, 0.15) is 181 Å². The summed E-state index contributed by atoms with van der Waals surface area (Å²) in [5, 5.41) is 21.4. The van der Waals surface area contributed by atoms with Gasteiger partial charge in [-0.3, -0.25) is 40.9 Å². The average Bonchev–Trinajstić information content (AvgIpc) is 3.14. The van der Waals surface area contributed by atoms with Gasteiger partial charge < -0.3 is 10.2 Å². The lowest BCUT2D eigenvalue weighted by molar-refractivity contribution is -0.126. The number of carbonyl (C=O) groups is 4. The van der Waals surface area contributed by atoms with Gasteiger partial charge in [-0.05, 0) is 68.2 Å². The number of para-hydroxylation sites is 2. The molecule has 0 saturated carbocycles. The van der Waals surface area contributed by atoms with Crippen LogP contribution >= 0.6 is 0 Å². The third-order valence-corrected chi connectivity index (χ3v) is 9.68. The van der Waals surface area contributed by atoms with Gasteiger partial charge in [0.1, 0.15) is 11.5 Å². The van der Waals surface area contributed by atoms with Gasteiger partial charge in [0.05, 0.1) is 11.1 Å². The SMILES string of the molecule is CCCCCCCCc1cccc(C(=O)NNC(=O)CCCCC(CCCCC)C(=O)NNC(=O)c2cccc(CCCCCCCC)c2O)c1O. The average molecular weight is 723 g/mol. The highest BCUT2D eigenvalue weighted by atomic mass is 16.3. The van der Waals surface area contributed by atoms with Crippen molar-refractivity contribution < 1.29 is 29.4 Å². The highest BCUT2D eigenvalue weighted by Gasteiger charge is 2.21. The summed E-state index contributed by atoms with van der Waals surface area (Å²) in [4.78, 5) is 51.3. The first-order valence-electron chi connectivity index (χ1n) is 20.0. The molecule has 10 nitrogen and oxygen atoms in total. The van der Waals surface area contributed by atoms with Crippen molar-refractivity contribution in [3.63, 3.8) is 0 Å². The van der Waals surface area contributed by atoms with Crippen LogP contribution in [0.4, 0.5) is 0 Å². The highest BCUT2D eigenvalue weighted by Crippen LogP contribution is 2.26. The fourth-order valence-electron chi connectivity index (χ4n) is 6.41. The Kier molecular flexibility index (Phi) is 22.6.